The zero-order chi connectivity index (χ0) is 20.6. The molecule has 4 rings (SSSR count). The summed E-state index contributed by atoms with van der Waals surface area (Å²) in [6.07, 6.45) is 2.14. The maximum Gasteiger partial charge on any atom is 0.419 e. The van der Waals surface area contributed by atoms with E-state index in [-0.39, 0.29) is 23.3 Å². The van der Waals surface area contributed by atoms with Crippen molar-refractivity contribution in [2.75, 3.05) is 26.2 Å². The Morgan fingerprint density at radius 2 is 2.00 bits per heavy atom. The van der Waals surface area contributed by atoms with Crippen LogP contribution in [0.3, 0.4) is 0 Å². The fourth-order valence-electron chi connectivity index (χ4n) is 4.68. The van der Waals surface area contributed by atoms with E-state index in [0.29, 0.717) is 25.2 Å². The first-order valence-corrected chi connectivity index (χ1v) is 10.2. The van der Waals surface area contributed by atoms with Gasteiger partial charge in [-0.15, -0.1) is 0 Å². The van der Waals surface area contributed by atoms with Crippen LogP contribution in [-0.2, 0) is 16.1 Å². The van der Waals surface area contributed by atoms with Crippen molar-refractivity contribution in [3.63, 3.8) is 0 Å². The lowest BCUT2D eigenvalue weighted by atomic mass is 9.75. The van der Waals surface area contributed by atoms with Gasteiger partial charge in [-0.25, -0.2) is 4.79 Å². The van der Waals surface area contributed by atoms with E-state index < -0.39 is 5.60 Å². The second-order valence-electron chi connectivity index (χ2n) is 8.61. The Hall–Kier alpha value is -2.16. The summed E-state index contributed by atoms with van der Waals surface area (Å²) in [7, 11) is 0. The Balaban J connectivity index is 1.34. The van der Waals surface area contributed by atoms with E-state index >= 15 is 0 Å². The lowest BCUT2D eigenvalue weighted by molar-refractivity contribution is -0.189. The molecule has 2 N–H and O–H groups in total. The molecule has 2 aliphatic heterocycles. The van der Waals surface area contributed by atoms with Crippen molar-refractivity contribution in [3.05, 3.63) is 34.8 Å². The molecule has 0 unspecified atom stereocenters. The molecule has 1 spiro atoms. The van der Waals surface area contributed by atoms with Crippen LogP contribution in [0, 0.1) is 0 Å². The molecule has 8 heteroatoms. The number of carbonyl (C=O) groups is 1. The first-order chi connectivity index (χ1) is 13.8. The summed E-state index contributed by atoms with van der Waals surface area (Å²) in [6.45, 7) is 6.56. The topological polar surface area (TPSA) is 96.9 Å². The fraction of sp³-hybridized carbons (Fsp3) is 0.619. The minimum atomic E-state index is -0.991. The molecule has 2 aromatic rings. The number of benzene rings is 1. The largest absolute Gasteiger partial charge is 0.419 e. The highest BCUT2D eigenvalue weighted by molar-refractivity contribution is 5.73. The number of aromatic nitrogens is 1. The number of nitrogens with zero attached hydrogens (tertiary/aromatic N) is 2. The highest BCUT2D eigenvalue weighted by atomic mass is 16.5. The number of nitrogens with one attached hydrogen (secondary N) is 1. The lowest BCUT2D eigenvalue weighted by Gasteiger charge is -2.51. The molecule has 2 saturated heterocycles. The van der Waals surface area contributed by atoms with Crippen LogP contribution in [0.5, 0.6) is 0 Å². The molecule has 1 aromatic heterocycles. The van der Waals surface area contributed by atoms with Gasteiger partial charge >= 0.3 is 5.76 Å². The Morgan fingerprint density at radius 3 is 2.69 bits per heavy atom. The van der Waals surface area contributed by atoms with Gasteiger partial charge in [-0.2, -0.15) is 0 Å². The van der Waals surface area contributed by atoms with E-state index in [4.69, 9.17) is 9.15 Å². The second-order valence-corrected chi connectivity index (χ2v) is 8.61. The molecule has 1 aromatic carbocycles. The average molecular weight is 403 g/mol. The second kappa shape index (κ2) is 7.59. The summed E-state index contributed by atoms with van der Waals surface area (Å²) in [5.41, 5.74) is 0.0896. The van der Waals surface area contributed by atoms with Crippen molar-refractivity contribution in [1.29, 1.82) is 0 Å². The van der Waals surface area contributed by atoms with Crippen LogP contribution in [0.4, 0.5) is 0 Å². The van der Waals surface area contributed by atoms with Gasteiger partial charge in [0.15, 0.2) is 5.58 Å². The van der Waals surface area contributed by atoms with Crippen molar-refractivity contribution in [1.82, 2.24) is 14.8 Å². The highest BCUT2D eigenvalue weighted by Gasteiger charge is 2.49. The van der Waals surface area contributed by atoms with Crippen molar-refractivity contribution in [3.8, 4) is 0 Å². The molecule has 158 valence electrons. The Kier molecular flexibility index (Phi) is 5.27. The van der Waals surface area contributed by atoms with E-state index in [2.05, 4.69) is 10.2 Å². The first-order valence-electron chi connectivity index (χ1n) is 10.2. The first kappa shape index (κ1) is 20.1. The fourth-order valence-corrected chi connectivity index (χ4v) is 4.68. The van der Waals surface area contributed by atoms with Crippen molar-refractivity contribution in [2.24, 2.45) is 0 Å². The van der Waals surface area contributed by atoms with Crippen LogP contribution < -0.4 is 11.1 Å². The molecule has 2 fully saturated rings. The normalized spacial score (nSPS) is 27.3. The molecular formula is C21H29N3O5. The summed E-state index contributed by atoms with van der Waals surface area (Å²) < 4.78 is 13.1. The number of rotatable bonds is 4. The molecular weight excluding hydrogens is 374 g/mol. The molecule has 3 heterocycles. The summed E-state index contributed by atoms with van der Waals surface area (Å²) in [5.74, 6) is -0.484. The van der Waals surface area contributed by atoms with Crippen LogP contribution in [0.2, 0.25) is 0 Å². The number of aliphatic hydroxyl groups is 1. The van der Waals surface area contributed by atoms with Crippen molar-refractivity contribution >= 4 is 17.0 Å². The van der Waals surface area contributed by atoms with Crippen molar-refractivity contribution < 1.29 is 19.1 Å². The molecule has 0 aliphatic carbocycles. The van der Waals surface area contributed by atoms with Crippen LogP contribution in [0.25, 0.3) is 11.1 Å². The quantitative estimate of drug-likeness (QED) is 0.794. The number of piperidine rings is 1. The van der Waals surface area contributed by atoms with Gasteiger partial charge in [0.05, 0.1) is 29.4 Å². The Bertz CT molecular complexity index is 939. The minimum Gasteiger partial charge on any atom is -0.408 e. The number of likely N-dealkylation sites (tertiary alicyclic amines) is 1. The molecule has 29 heavy (non-hydrogen) atoms. The third-order valence-electron chi connectivity index (χ3n) is 6.35. The minimum absolute atomic E-state index is 0.161. The van der Waals surface area contributed by atoms with E-state index in [0.717, 1.165) is 38.0 Å². The third-order valence-corrected chi connectivity index (χ3v) is 6.35. The summed E-state index contributed by atoms with van der Waals surface area (Å²) >= 11 is 0. The van der Waals surface area contributed by atoms with Crippen LogP contribution in [0.1, 0.15) is 33.1 Å². The average Bonchev–Trinajstić information content (AvgIpc) is 2.98. The summed E-state index contributed by atoms with van der Waals surface area (Å²) in [5, 5.41) is 13.7. The van der Waals surface area contributed by atoms with Crippen LogP contribution in [-0.4, -0.2) is 64.0 Å². The number of carbonyl (C=O) groups excluding carboxylic acids is 1. The standard InChI is InChI=1S/C21H29N3O5/c1-15(25)22-18-13-28-21(14-20(18,2)27)7-9-23(10-8-21)11-12-24-16-5-3-4-6-17(16)29-19(24)26/h3-6,18,27H,7-14H2,1-2H3,(H,22,25)/t18-,20-/m0/s1. The Morgan fingerprint density at radius 1 is 1.28 bits per heavy atom. The van der Waals surface area contributed by atoms with E-state index in [1.807, 2.05) is 18.2 Å². The Labute approximate surface area is 169 Å². The highest BCUT2D eigenvalue weighted by Crippen LogP contribution is 2.39. The summed E-state index contributed by atoms with van der Waals surface area (Å²) in [6, 6.07) is 7.08. The molecule has 0 bridgehead atoms. The van der Waals surface area contributed by atoms with Gasteiger partial charge in [0, 0.05) is 39.5 Å². The van der Waals surface area contributed by atoms with Gasteiger partial charge < -0.3 is 24.5 Å². The summed E-state index contributed by atoms with van der Waals surface area (Å²) in [4.78, 5) is 25.8. The lowest BCUT2D eigenvalue weighted by Crippen LogP contribution is -2.63. The van der Waals surface area contributed by atoms with Crippen LogP contribution in [0.15, 0.2) is 33.5 Å². The van der Waals surface area contributed by atoms with Gasteiger partial charge in [-0.1, -0.05) is 12.1 Å². The smallest absolute Gasteiger partial charge is 0.408 e. The zero-order valence-electron chi connectivity index (χ0n) is 17.0. The van der Waals surface area contributed by atoms with Crippen molar-refractivity contribution in [2.45, 2.75) is 56.9 Å². The maximum absolute atomic E-state index is 12.1. The molecule has 2 atom stereocenters. The number of oxazole rings is 1. The van der Waals surface area contributed by atoms with Crippen LogP contribution >= 0.6 is 0 Å². The monoisotopic (exact) mass is 403 g/mol. The molecule has 0 saturated carbocycles. The predicted molar refractivity (Wildman–Crippen MR) is 108 cm³/mol. The van der Waals surface area contributed by atoms with Gasteiger partial charge in [-0.05, 0) is 31.9 Å². The number of hydrogen-bond acceptors (Lipinski definition) is 6. The number of para-hydroxylation sites is 2. The maximum atomic E-state index is 12.1. The predicted octanol–water partition coefficient (Wildman–Crippen LogP) is 1.11. The number of hydrogen-bond donors (Lipinski definition) is 2. The molecule has 2 aliphatic rings. The van der Waals surface area contributed by atoms with Gasteiger partial charge in [-0.3, -0.25) is 9.36 Å². The molecule has 8 nitrogen and oxygen atoms in total. The molecule has 0 radical (unpaired) electrons. The van der Waals surface area contributed by atoms with Gasteiger partial charge in [0.1, 0.15) is 0 Å². The third kappa shape index (κ3) is 4.10. The number of fused-ring (bicyclic) bond motifs is 1. The zero-order valence-corrected chi connectivity index (χ0v) is 17.0. The van der Waals surface area contributed by atoms with E-state index in [1.165, 1.54) is 6.92 Å². The SMILES string of the molecule is CC(=O)N[C@H]1COC2(CCN(CCn3c(=O)oc4ccccc43)CC2)C[C@]1(C)O. The molecule has 1 amide bonds. The van der Waals surface area contributed by atoms with E-state index in [9.17, 15) is 14.7 Å². The number of amides is 1. The van der Waals surface area contributed by atoms with Gasteiger partial charge in [0.25, 0.3) is 0 Å². The number of ether oxygens (including phenoxy) is 1. The van der Waals surface area contributed by atoms with Gasteiger partial charge in [0.2, 0.25) is 5.91 Å². The van der Waals surface area contributed by atoms with E-state index in [1.54, 1.807) is 17.6 Å².